The number of carbonyl (C=O) groups is 1. The van der Waals surface area contributed by atoms with Crippen molar-refractivity contribution >= 4 is 47.3 Å². The Hall–Kier alpha value is -3.90. The molecule has 164 valence electrons. The molecular formula is C20H17BF3N5O3. The maximum absolute atomic E-state index is 13.5. The lowest BCUT2D eigenvalue weighted by atomic mass is 9.80. The van der Waals surface area contributed by atoms with E-state index in [2.05, 4.69) is 32.5 Å². The molecule has 0 unspecified atom stereocenters. The van der Waals surface area contributed by atoms with Crippen LogP contribution in [0.2, 0.25) is 0 Å². The molecule has 0 bridgehead atoms. The number of nitrogens with one attached hydrogen (secondary N) is 3. The van der Waals surface area contributed by atoms with Crippen LogP contribution in [0.3, 0.4) is 0 Å². The minimum atomic E-state index is -4.71. The second kappa shape index (κ2) is 9.50. The Morgan fingerprint density at radius 2 is 1.72 bits per heavy atom. The van der Waals surface area contributed by atoms with Crippen LogP contribution in [0.25, 0.3) is 0 Å². The number of anilines is 5. The molecule has 1 amide bonds. The molecule has 5 N–H and O–H groups in total. The topological polar surface area (TPSA) is 119 Å². The molecule has 0 aliphatic rings. The van der Waals surface area contributed by atoms with Crippen molar-refractivity contribution in [3.63, 3.8) is 0 Å². The highest BCUT2D eigenvalue weighted by molar-refractivity contribution is 6.58. The summed E-state index contributed by atoms with van der Waals surface area (Å²) in [7, 11) is -1.64. The predicted octanol–water partition coefficient (Wildman–Crippen LogP) is 2.79. The normalized spacial score (nSPS) is 10.9. The molecule has 32 heavy (non-hydrogen) atoms. The maximum Gasteiger partial charge on any atom is 0.488 e. The van der Waals surface area contributed by atoms with Crippen LogP contribution >= 0.6 is 0 Å². The highest BCUT2D eigenvalue weighted by Gasteiger charge is 2.35. The van der Waals surface area contributed by atoms with Gasteiger partial charge in [0, 0.05) is 23.3 Å². The fourth-order valence-corrected chi connectivity index (χ4v) is 2.62. The van der Waals surface area contributed by atoms with Gasteiger partial charge in [0.15, 0.2) is 0 Å². The third kappa shape index (κ3) is 5.83. The van der Waals surface area contributed by atoms with Crippen LogP contribution in [0, 0.1) is 0 Å². The van der Waals surface area contributed by atoms with E-state index >= 15 is 0 Å². The minimum Gasteiger partial charge on any atom is -0.423 e. The van der Waals surface area contributed by atoms with Gasteiger partial charge in [-0.1, -0.05) is 24.8 Å². The smallest absolute Gasteiger partial charge is 0.423 e. The summed E-state index contributed by atoms with van der Waals surface area (Å²) in [6.45, 7) is 3.34. The third-order valence-electron chi connectivity index (χ3n) is 4.14. The summed E-state index contributed by atoms with van der Waals surface area (Å²) in [5.74, 6) is -1.08. The van der Waals surface area contributed by atoms with Crippen LogP contribution in [0.5, 0.6) is 0 Å². The molecule has 0 atom stereocenters. The summed E-state index contributed by atoms with van der Waals surface area (Å²) in [5, 5.41) is 26.2. The minimum absolute atomic E-state index is 0.117. The Morgan fingerprint density at radius 1 is 1.03 bits per heavy atom. The van der Waals surface area contributed by atoms with Gasteiger partial charge in [-0.2, -0.15) is 18.2 Å². The molecule has 0 saturated carbocycles. The summed E-state index contributed by atoms with van der Waals surface area (Å²) in [6, 6.07) is 11.9. The molecule has 0 radical (unpaired) electrons. The van der Waals surface area contributed by atoms with Crippen LogP contribution in [-0.4, -0.2) is 33.0 Å². The Balaban J connectivity index is 1.89. The van der Waals surface area contributed by atoms with Crippen molar-refractivity contribution < 1.29 is 28.0 Å². The predicted molar refractivity (Wildman–Crippen MR) is 115 cm³/mol. The van der Waals surface area contributed by atoms with Gasteiger partial charge < -0.3 is 26.0 Å². The van der Waals surface area contributed by atoms with E-state index in [9.17, 15) is 18.0 Å². The molecule has 0 saturated heterocycles. The highest BCUT2D eigenvalue weighted by atomic mass is 19.4. The summed E-state index contributed by atoms with van der Waals surface area (Å²) in [4.78, 5) is 19.1. The number of hydrogen-bond acceptors (Lipinski definition) is 7. The van der Waals surface area contributed by atoms with E-state index in [0.717, 1.165) is 6.08 Å². The van der Waals surface area contributed by atoms with Crippen molar-refractivity contribution in [3.05, 3.63) is 72.9 Å². The molecule has 0 fully saturated rings. The zero-order valence-corrected chi connectivity index (χ0v) is 16.4. The zero-order valence-electron chi connectivity index (χ0n) is 16.4. The van der Waals surface area contributed by atoms with E-state index in [1.54, 1.807) is 12.1 Å². The molecule has 1 aromatic heterocycles. The number of amides is 1. The first-order chi connectivity index (χ1) is 15.2. The number of hydrogen-bond donors (Lipinski definition) is 5. The van der Waals surface area contributed by atoms with Crippen LogP contribution < -0.4 is 21.4 Å². The van der Waals surface area contributed by atoms with E-state index in [4.69, 9.17) is 10.0 Å². The van der Waals surface area contributed by atoms with Crippen molar-refractivity contribution in [1.29, 1.82) is 0 Å². The lowest BCUT2D eigenvalue weighted by Crippen LogP contribution is -2.29. The standard InChI is InChI=1S/C20H17BF3N5O3/c1-2-17(30)26-14-4-3-5-15(10-14)27-18-16(20(22,23)24)11-25-19(29-18)28-13-8-6-12(7-9-13)21(31)32/h2-11,31-32H,1H2,(H,26,30)(H2,25,27,28,29). The lowest BCUT2D eigenvalue weighted by molar-refractivity contribution is -0.137. The summed E-state index contributed by atoms with van der Waals surface area (Å²) in [5.41, 5.74) is 0.196. The van der Waals surface area contributed by atoms with Gasteiger partial charge in [0.2, 0.25) is 11.9 Å². The van der Waals surface area contributed by atoms with E-state index in [0.29, 0.717) is 17.6 Å². The molecule has 0 aliphatic heterocycles. The van der Waals surface area contributed by atoms with E-state index < -0.39 is 30.6 Å². The van der Waals surface area contributed by atoms with Gasteiger partial charge >= 0.3 is 13.3 Å². The average Bonchev–Trinajstić information content (AvgIpc) is 2.73. The lowest BCUT2D eigenvalue weighted by Gasteiger charge is -2.15. The number of rotatable bonds is 7. The largest absolute Gasteiger partial charge is 0.488 e. The molecule has 8 nitrogen and oxygen atoms in total. The SMILES string of the molecule is C=CC(=O)Nc1cccc(Nc2nc(Nc3ccc(B(O)O)cc3)ncc2C(F)(F)F)c1. The van der Waals surface area contributed by atoms with Crippen molar-refractivity contribution in [2.45, 2.75) is 6.18 Å². The molecular weight excluding hydrogens is 426 g/mol. The number of carbonyl (C=O) groups excluding carboxylic acids is 1. The first-order valence-corrected chi connectivity index (χ1v) is 9.13. The van der Waals surface area contributed by atoms with Crippen LogP contribution in [0.1, 0.15) is 5.56 Å². The quantitative estimate of drug-likeness (QED) is 0.282. The number of nitrogens with zero attached hydrogens (tertiary/aromatic N) is 2. The Labute approximate surface area is 181 Å². The molecule has 1 heterocycles. The van der Waals surface area contributed by atoms with Gasteiger partial charge in [-0.3, -0.25) is 4.79 Å². The van der Waals surface area contributed by atoms with E-state index in [-0.39, 0.29) is 17.1 Å². The Kier molecular flexibility index (Phi) is 6.76. The van der Waals surface area contributed by atoms with Gasteiger partial charge in [0.1, 0.15) is 11.4 Å². The molecule has 0 spiro atoms. The Morgan fingerprint density at radius 3 is 2.34 bits per heavy atom. The molecule has 3 aromatic rings. The van der Waals surface area contributed by atoms with Gasteiger partial charge in [-0.15, -0.1) is 0 Å². The monoisotopic (exact) mass is 443 g/mol. The number of halogens is 3. The number of alkyl halides is 3. The summed E-state index contributed by atoms with van der Waals surface area (Å²) < 4.78 is 40.4. The first kappa shape index (κ1) is 22.8. The van der Waals surface area contributed by atoms with Gasteiger partial charge in [-0.25, -0.2) is 4.98 Å². The summed E-state index contributed by atoms with van der Waals surface area (Å²) >= 11 is 0. The van der Waals surface area contributed by atoms with Crippen molar-refractivity contribution in [3.8, 4) is 0 Å². The van der Waals surface area contributed by atoms with Crippen molar-refractivity contribution in [2.75, 3.05) is 16.0 Å². The second-order valence-electron chi connectivity index (χ2n) is 6.47. The highest BCUT2D eigenvalue weighted by Crippen LogP contribution is 2.35. The van der Waals surface area contributed by atoms with Gasteiger partial charge in [-0.05, 0) is 41.9 Å². The summed E-state index contributed by atoms with van der Waals surface area (Å²) in [6.07, 6.45) is -3.00. The van der Waals surface area contributed by atoms with E-state index in [1.807, 2.05) is 0 Å². The van der Waals surface area contributed by atoms with E-state index in [1.165, 1.54) is 36.4 Å². The average molecular weight is 443 g/mol. The van der Waals surface area contributed by atoms with Crippen LogP contribution in [-0.2, 0) is 11.0 Å². The first-order valence-electron chi connectivity index (χ1n) is 9.13. The second-order valence-corrected chi connectivity index (χ2v) is 6.47. The Bertz CT molecular complexity index is 1120. The maximum atomic E-state index is 13.5. The van der Waals surface area contributed by atoms with Gasteiger partial charge in [0.25, 0.3) is 0 Å². The number of benzene rings is 2. The van der Waals surface area contributed by atoms with Crippen LogP contribution in [0.4, 0.5) is 42.0 Å². The van der Waals surface area contributed by atoms with Gasteiger partial charge in [0.05, 0.1) is 0 Å². The molecule has 3 rings (SSSR count). The molecule has 12 heteroatoms. The third-order valence-corrected chi connectivity index (χ3v) is 4.14. The zero-order chi connectivity index (χ0) is 23.3. The number of aromatic nitrogens is 2. The van der Waals surface area contributed by atoms with Crippen molar-refractivity contribution in [1.82, 2.24) is 9.97 Å². The fourth-order valence-electron chi connectivity index (χ4n) is 2.62. The fraction of sp³-hybridized carbons (Fsp3) is 0.0500. The van der Waals surface area contributed by atoms with Crippen molar-refractivity contribution in [2.24, 2.45) is 0 Å². The molecule has 0 aliphatic carbocycles. The van der Waals surface area contributed by atoms with Crippen LogP contribution in [0.15, 0.2) is 67.4 Å². The molecule has 2 aromatic carbocycles.